The van der Waals surface area contributed by atoms with E-state index in [9.17, 15) is 8.42 Å². The summed E-state index contributed by atoms with van der Waals surface area (Å²) in [5.74, 6) is 0.776. The molecule has 1 aliphatic heterocycles. The van der Waals surface area contributed by atoms with Crippen LogP contribution in [0.2, 0.25) is 0 Å². The van der Waals surface area contributed by atoms with Crippen molar-refractivity contribution in [3.05, 3.63) is 36.2 Å². The molecule has 10 heteroatoms. The Morgan fingerprint density at radius 1 is 1.30 bits per heavy atom. The van der Waals surface area contributed by atoms with Crippen molar-refractivity contribution in [2.45, 2.75) is 31.2 Å². The average molecular weight is 390 g/mol. The van der Waals surface area contributed by atoms with Crippen molar-refractivity contribution in [3.63, 3.8) is 0 Å². The summed E-state index contributed by atoms with van der Waals surface area (Å²) in [6.07, 6.45) is 5.43. The van der Waals surface area contributed by atoms with Crippen molar-refractivity contribution >= 4 is 21.1 Å². The Hall–Kier alpha value is -2.30. The van der Waals surface area contributed by atoms with E-state index in [2.05, 4.69) is 31.9 Å². The molecule has 1 N–H and O–H groups in total. The van der Waals surface area contributed by atoms with Gasteiger partial charge in [0.25, 0.3) is 5.71 Å². The first kappa shape index (κ1) is 18.1. The van der Waals surface area contributed by atoms with E-state index in [1.165, 1.54) is 10.5 Å². The van der Waals surface area contributed by atoms with Crippen molar-refractivity contribution in [2.75, 3.05) is 26.2 Å². The summed E-state index contributed by atoms with van der Waals surface area (Å²) in [7, 11) is -3.68. The van der Waals surface area contributed by atoms with E-state index in [4.69, 9.17) is 4.52 Å². The number of pyridine rings is 1. The molecule has 1 unspecified atom stereocenters. The predicted octanol–water partition coefficient (Wildman–Crippen LogP) is 1.58. The number of rotatable bonds is 5. The van der Waals surface area contributed by atoms with Crippen molar-refractivity contribution in [1.29, 1.82) is 0 Å². The molecule has 0 radical (unpaired) electrons. The maximum absolute atomic E-state index is 13.2. The summed E-state index contributed by atoms with van der Waals surface area (Å²) in [6, 6.07) is 1.51. The van der Waals surface area contributed by atoms with Crippen LogP contribution in [0.15, 0.2) is 34.1 Å². The number of sulfonamides is 1. The van der Waals surface area contributed by atoms with Crippen LogP contribution >= 0.6 is 0 Å². The Labute approximate surface area is 157 Å². The predicted molar refractivity (Wildman–Crippen MR) is 98.5 cm³/mol. The van der Waals surface area contributed by atoms with Gasteiger partial charge < -0.3 is 9.51 Å². The fourth-order valence-electron chi connectivity index (χ4n) is 3.52. The molecule has 0 aromatic carbocycles. The monoisotopic (exact) mass is 390 g/mol. The lowest BCUT2D eigenvalue weighted by Crippen LogP contribution is -2.50. The number of H-pyrrole nitrogens is 1. The van der Waals surface area contributed by atoms with Crippen LogP contribution in [0.25, 0.3) is 11.1 Å². The summed E-state index contributed by atoms with van der Waals surface area (Å²) in [5, 5.41) is 4.60. The highest BCUT2D eigenvalue weighted by Gasteiger charge is 2.36. The largest absolute Gasteiger partial charge is 0.347 e. The molecule has 27 heavy (non-hydrogen) atoms. The number of nitrogens with one attached hydrogen (secondary N) is 1. The summed E-state index contributed by atoms with van der Waals surface area (Å²) >= 11 is 0. The topological polar surface area (TPSA) is 108 Å². The fourth-order valence-corrected chi connectivity index (χ4v) is 4.93. The normalized spacial score (nSPS) is 19.7. The molecule has 3 aromatic heterocycles. The SMILES string of the molecule is CCc1noc2ncc(S(=O)(=O)N3CCN(CC)C(c4ncc[nH]4)C3)cc12. The van der Waals surface area contributed by atoms with Crippen LogP contribution in [-0.4, -0.2) is 63.9 Å². The lowest BCUT2D eigenvalue weighted by Gasteiger charge is -2.39. The highest BCUT2D eigenvalue weighted by Crippen LogP contribution is 2.28. The second-order valence-corrected chi connectivity index (χ2v) is 8.43. The molecular weight excluding hydrogens is 368 g/mol. The zero-order valence-corrected chi connectivity index (χ0v) is 16.1. The smallest absolute Gasteiger partial charge is 0.258 e. The Morgan fingerprint density at radius 2 is 2.15 bits per heavy atom. The van der Waals surface area contributed by atoms with Gasteiger partial charge in [-0.3, -0.25) is 4.90 Å². The number of aromatic amines is 1. The van der Waals surface area contributed by atoms with E-state index < -0.39 is 10.0 Å². The standard InChI is InChI=1S/C17H22N6O3S/c1-3-14-13-9-12(10-20-17(13)26-21-14)27(24,25)23-8-7-22(4-2)15(11-23)16-18-5-6-19-16/h5-6,9-10,15H,3-4,7-8,11H2,1-2H3,(H,18,19). The van der Waals surface area contributed by atoms with Crippen LogP contribution < -0.4 is 0 Å². The fraction of sp³-hybridized carbons (Fsp3) is 0.471. The second kappa shape index (κ2) is 7.02. The van der Waals surface area contributed by atoms with Crippen molar-refractivity contribution in [3.8, 4) is 0 Å². The molecule has 0 spiro atoms. The van der Waals surface area contributed by atoms with Gasteiger partial charge in [0.1, 0.15) is 10.7 Å². The van der Waals surface area contributed by atoms with Crippen molar-refractivity contribution < 1.29 is 12.9 Å². The van der Waals surface area contributed by atoms with E-state index >= 15 is 0 Å². The molecule has 0 amide bonds. The number of imidazole rings is 1. The third-order valence-corrected chi connectivity index (χ3v) is 6.88. The maximum Gasteiger partial charge on any atom is 0.258 e. The van der Waals surface area contributed by atoms with E-state index in [1.807, 2.05) is 6.92 Å². The van der Waals surface area contributed by atoms with Crippen molar-refractivity contribution in [2.24, 2.45) is 0 Å². The minimum Gasteiger partial charge on any atom is -0.347 e. The first-order valence-electron chi connectivity index (χ1n) is 9.02. The Balaban J connectivity index is 1.67. The molecule has 144 valence electrons. The van der Waals surface area contributed by atoms with Gasteiger partial charge in [-0.25, -0.2) is 18.4 Å². The number of piperazine rings is 1. The molecule has 4 heterocycles. The zero-order chi connectivity index (χ0) is 19.0. The highest BCUT2D eigenvalue weighted by molar-refractivity contribution is 7.89. The van der Waals surface area contributed by atoms with Crippen LogP contribution in [0.1, 0.15) is 31.4 Å². The van der Waals surface area contributed by atoms with Gasteiger partial charge in [-0.15, -0.1) is 0 Å². The lowest BCUT2D eigenvalue weighted by atomic mass is 10.2. The molecule has 1 atom stereocenters. The van der Waals surface area contributed by atoms with Gasteiger partial charge in [0, 0.05) is 32.0 Å². The Bertz CT molecular complexity index is 1030. The minimum absolute atomic E-state index is 0.105. The van der Waals surface area contributed by atoms with Gasteiger partial charge in [0.2, 0.25) is 10.0 Å². The van der Waals surface area contributed by atoms with E-state index in [-0.39, 0.29) is 10.9 Å². The first-order valence-corrected chi connectivity index (χ1v) is 10.5. The molecule has 0 aliphatic carbocycles. The Morgan fingerprint density at radius 3 is 2.85 bits per heavy atom. The quantitative estimate of drug-likeness (QED) is 0.704. The van der Waals surface area contributed by atoms with Crippen LogP contribution in [0.5, 0.6) is 0 Å². The molecule has 1 fully saturated rings. The Kier molecular flexibility index (Phi) is 4.70. The molecule has 1 saturated heterocycles. The van der Waals surface area contributed by atoms with Gasteiger partial charge >= 0.3 is 0 Å². The van der Waals surface area contributed by atoms with Crippen LogP contribution in [-0.2, 0) is 16.4 Å². The van der Waals surface area contributed by atoms with E-state index in [0.717, 1.165) is 12.4 Å². The number of hydrogen-bond acceptors (Lipinski definition) is 7. The summed E-state index contributed by atoms with van der Waals surface area (Å²) in [5.41, 5.74) is 1.06. The zero-order valence-electron chi connectivity index (χ0n) is 15.3. The van der Waals surface area contributed by atoms with Crippen LogP contribution in [0.4, 0.5) is 0 Å². The molecule has 9 nitrogen and oxygen atoms in total. The second-order valence-electron chi connectivity index (χ2n) is 6.49. The average Bonchev–Trinajstić information content (AvgIpc) is 3.36. The molecule has 0 bridgehead atoms. The third kappa shape index (κ3) is 3.13. The summed E-state index contributed by atoms with van der Waals surface area (Å²) in [4.78, 5) is 14.0. The van der Waals surface area contributed by atoms with Crippen molar-refractivity contribution in [1.82, 2.24) is 29.3 Å². The maximum atomic E-state index is 13.2. The highest BCUT2D eigenvalue weighted by atomic mass is 32.2. The molecule has 3 aromatic rings. The van der Waals surface area contributed by atoms with Crippen LogP contribution in [0, 0.1) is 0 Å². The van der Waals surface area contributed by atoms with Gasteiger partial charge in [-0.05, 0) is 19.0 Å². The van der Waals surface area contributed by atoms with Gasteiger partial charge in [0.15, 0.2) is 0 Å². The number of fused-ring (bicyclic) bond motifs is 1. The number of hydrogen-bond donors (Lipinski definition) is 1. The molecular formula is C17H22N6O3S. The van der Waals surface area contributed by atoms with Crippen LogP contribution in [0.3, 0.4) is 0 Å². The number of nitrogens with zero attached hydrogens (tertiary/aromatic N) is 5. The third-order valence-electron chi connectivity index (χ3n) is 5.05. The van der Waals surface area contributed by atoms with Gasteiger partial charge in [-0.1, -0.05) is 19.0 Å². The number of aromatic nitrogens is 4. The summed E-state index contributed by atoms with van der Waals surface area (Å²) in [6.45, 7) is 6.24. The van der Waals surface area contributed by atoms with E-state index in [1.54, 1.807) is 18.5 Å². The number of aryl methyl sites for hydroxylation is 1. The molecule has 4 rings (SSSR count). The lowest BCUT2D eigenvalue weighted by molar-refractivity contribution is 0.119. The first-order chi connectivity index (χ1) is 13.0. The summed E-state index contributed by atoms with van der Waals surface area (Å²) < 4.78 is 33.2. The molecule has 0 saturated carbocycles. The number of likely N-dealkylation sites (N-methyl/N-ethyl adjacent to an activating group) is 1. The molecule has 1 aliphatic rings. The van der Waals surface area contributed by atoms with E-state index in [0.29, 0.717) is 42.8 Å². The minimum atomic E-state index is -3.68. The van der Waals surface area contributed by atoms with Gasteiger partial charge in [-0.2, -0.15) is 4.31 Å². The van der Waals surface area contributed by atoms with Gasteiger partial charge in [0.05, 0.1) is 23.3 Å².